The Morgan fingerprint density at radius 3 is 1.85 bits per heavy atom. The minimum absolute atomic E-state index is 0.843. The minimum Gasteiger partial charge on any atom is -0.479 e. The largest absolute Gasteiger partial charge is 0.479 e. The second-order valence-electron chi connectivity index (χ2n) is 2.51. The number of rotatable bonds is 5. The molecule has 0 aromatic heterocycles. The number of hydrogen-bond acceptors (Lipinski definition) is 6. The Morgan fingerprint density at radius 2 is 1.54 bits per heavy atom. The summed E-state index contributed by atoms with van der Waals surface area (Å²) < 4.78 is 0. The highest BCUT2D eigenvalue weighted by atomic mass is 16.4. The fourth-order valence-corrected chi connectivity index (χ4v) is 0.668. The molecule has 0 amide bonds. The topological polar surface area (TPSA) is 138 Å². The van der Waals surface area contributed by atoms with Gasteiger partial charge in [-0.15, -0.1) is 0 Å². The number of carboxylic acids is 1. The van der Waals surface area contributed by atoms with Crippen molar-refractivity contribution >= 4 is 5.97 Å². The van der Waals surface area contributed by atoms with Gasteiger partial charge in [0.05, 0.1) is 6.61 Å². The predicted molar refractivity (Wildman–Crippen MR) is 38.7 cm³/mol. The Hall–Kier alpha value is -0.730. The number of hydrogen-bond donors (Lipinski definition) is 6. The third kappa shape index (κ3) is 3.25. The van der Waals surface area contributed by atoms with Crippen molar-refractivity contribution in [3.8, 4) is 0 Å². The van der Waals surface area contributed by atoms with Crippen LogP contribution in [0.3, 0.4) is 0 Å². The summed E-state index contributed by atoms with van der Waals surface area (Å²) in [5.74, 6) is -1.73. The average Bonchev–Trinajstić information content (AvgIpc) is 2.12. The average molecular weight is 196 g/mol. The molecule has 0 aliphatic carbocycles. The zero-order chi connectivity index (χ0) is 10.6. The molecule has 0 aromatic rings. The summed E-state index contributed by atoms with van der Waals surface area (Å²) in [6.07, 6.45) is -7.84. The maximum absolute atomic E-state index is 10.1. The molecule has 0 saturated heterocycles. The van der Waals surface area contributed by atoms with Crippen LogP contribution in [0.5, 0.6) is 0 Å². The van der Waals surface area contributed by atoms with E-state index < -0.39 is 37.0 Å². The smallest absolute Gasteiger partial charge is 0.335 e. The van der Waals surface area contributed by atoms with Crippen molar-refractivity contribution in [1.82, 2.24) is 0 Å². The van der Waals surface area contributed by atoms with Crippen LogP contribution in [0.4, 0.5) is 0 Å². The first-order valence-corrected chi connectivity index (χ1v) is 3.47. The summed E-state index contributed by atoms with van der Waals surface area (Å²) in [6, 6.07) is 0. The molecule has 0 aliphatic heterocycles. The quantitative estimate of drug-likeness (QED) is 0.268. The van der Waals surface area contributed by atoms with Crippen LogP contribution in [-0.2, 0) is 4.79 Å². The van der Waals surface area contributed by atoms with Crippen LogP contribution in [-0.4, -0.2) is 67.6 Å². The molecule has 78 valence electrons. The summed E-state index contributed by atoms with van der Waals surface area (Å²) in [6.45, 7) is -0.843. The molecular weight excluding hydrogens is 184 g/mol. The number of aliphatic carboxylic acids is 1. The van der Waals surface area contributed by atoms with Crippen LogP contribution in [0.2, 0.25) is 0 Å². The van der Waals surface area contributed by atoms with Gasteiger partial charge in [-0.3, -0.25) is 0 Å². The highest BCUT2D eigenvalue weighted by molar-refractivity contribution is 5.72. The number of carbonyl (C=O) groups is 1. The van der Waals surface area contributed by atoms with E-state index in [4.69, 9.17) is 30.6 Å². The van der Waals surface area contributed by atoms with Gasteiger partial charge in [-0.05, 0) is 0 Å². The Morgan fingerprint density at radius 1 is 1.08 bits per heavy atom. The van der Waals surface area contributed by atoms with E-state index in [1.165, 1.54) is 0 Å². The molecule has 13 heavy (non-hydrogen) atoms. The predicted octanol–water partition coefficient (Wildman–Crippen LogP) is -3.49. The van der Waals surface area contributed by atoms with Gasteiger partial charge >= 0.3 is 5.97 Å². The van der Waals surface area contributed by atoms with E-state index in [1.807, 2.05) is 0 Å². The van der Waals surface area contributed by atoms with E-state index >= 15 is 0 Å². The highest BCUT2D eigenvalue weighted by Gasteiger charge is 2.33. The third-order valence-electron chi connectivity index (χ3n) is 1.51. The van der Waals surface area contributed by atoms with Crippen molar-refractivity contribution < 1.29 is 35.4 Å². The van der Waals surface area contributed by atoms with E-state index in [9.17, 15) is 4.79 Å². The van der Waals surface area contributed by atoms with Crippen molar-refractivity contribution in [3.63, 3.8) is 0 Å². The maximum atomic E-state index is 10.1. The summed E-state index contributed by atoms with van der Waals surface area (Å²) in [5.41, 5.74) is 0. The zero-order valence-corrected chi connectivity index (χ0v) is 6.61. The lowest BCUT2D eigenvalue weighted by Gasteiger charge is -2.23. The molecule has 0 fully saturated rings. The molecule has 0 radical (unpaired) electrons. The van der Waals surface area contributed by atoms with Gasteiger partial charge in [0.15, 0.2) is 6.10 Å². The van der Waals surface area contributed by atoms with Crippen LogP contribution in [0.1, 0.15) is 0 Å². The van der Waals surface area contributed by atoms with Gasteiger partial charge in [0.25, 0.3) is 0 Å². The Balaban J connectivity index is 4.24. The molecule has 0 spiro atoms. The van der Waals surface area contributed by atoms with E-state index in [-0.39, 0.29) is 0 Å². The molecule has 0 unspecified atom stereocenters. The monoisotopic (exact) mass is 196 g/mol. The Labute approximate surface area is 73.5 Å². The zero-order valence-electron chi connectivity index (χ0n) is 6.61. The van der Waals surface area contributed by atoms with E-state index in [1.54, 1.807) is 0 Å². The van der Waals surface area contributed by atoms with Crippen LogP contribution >= 0.6 is 0 Å². The van der Waals surface area contributed by atoms with Crippen LogP contribution < -0.4 is 0 Å². The van der Waals surface area contributed by atoms with Gasteiger partial charge in [0, 0.05) is 0 Å². The number of aliphatic hydroxyl groups excluding tert-OH is 5. The first kappa shape index (κ1) is 12.3. The standard InChI is InChI=1S/C6H12O7/c7-1-2(8)3(9)4(10)5(11)6(12)13/h2-5,7-11H,1H2,(H,12,13)/t2-,3+,4+,5+/m0/s1. The molecule has 0 bridgehead atoms. The van der Waals surface area contributed by atoms with Gasteiger partial charge in [-0.2, -0.15) is 0 Å². The Bertz CT molecular complexity index is 170. The van der Waals surface area contributed by atoms with Gasteiger partial charge in [0.1, 0.15) is 18.3 Å². The molecule has 0 aromatic carbocycles. The number of aliphatic hydroxyl groups is 5. The first-order valence-electron chi connectivity index (χ1n) is 3.47. The summed E-state index contributed by atoms with van der Waals surface area (Å²) in [5, 5.41) is 51.8. The summed E-state index contributed by atoms with van der Waals surface area (Å²) in [7, 11) is 0. The second-order valence-corrected chi connectivity index (χ2v) is 2.51. The van der Waals surface area contributed by atoms with Crippen molar-refractivity contribution in [2.75, 3.05) is 6.61 Å². The second kappa shape index (κ2) is 5.10. The summed E-state index contributed by atoms with van der Waals surface area (Å²) >= 11 is 0. The van der Waals surface area contributed by atoms with Crippen LogP contribution in [0.15, 0.2) is 0 Å². The van der Waals surface area contributed by atoms with Gasteiger partial charge < -0.3 is 30.6 Å². The van der Waals surface area contributed by atoms with Gasteiger partial charge in [-0.1, -0.05) is 0 Å². The summed E-state index contributed by atoms with van der Waals surface area (Å²) in [4.78, 5) is 10.1. The molecule has 0 aliphatic rings. The lowest BCUT2D eigenvalue weighted by Crippen LogP contribution is -2.48. The lowest BCUT2D eigenvalue weighted by atomic mass is 10.0. The van der Waals surface area contributed by atoms with Crippen LogP contribution in [0.25, 0.3) is 0 Å². The third-order valence-corrected chi connectivity index (χ3v) is 1.51. The van der Waals surface area contributed by atoms with E-state index in [2.05, 4.69) is 0 Å². The fraction of sp³-hybridized carbons (Fsp3) is 0.833. The Kier molecular flexibility index (Phi) is 4.81. The molecule has 7 heteroatoms. The van der Waals surface area contributed by atoms with Crippen molar-refractivity contribution in [3.05, 3.63) is 0 Å². The van der Waals surface area contributed by atoms with E-state index in [0.717, 1.165) is 0 Å². The first-order chi connectivity index (χ1) is 5.91. The molecule has 0 saturated carbocycles. The molecule has 0 rings (SSSR count). The molecule has 4 atom stereocenters. The molecule has 7 nitrogen and oxygen atoms in total. The van der Waals surface area contributed by atoms with Crippen molar-refractivity contribution in [2.45, 2.75) is 24.4 Å². The minimum atomic E-state index is -2.20. The van der Waals surface area contributed by atoms with E-state index in [0.29, 0.717) is 0 Å². The van der Waals surface area contributed by atoms with Crippen molar-refractivity contribution in [1.29, 1.82) is 0 Å². The number of carboxylic acid groups (broad SMARTS) is 1. The highest BCUT2D eigenvalue weighted by Crippen LogP contribution is 2.04. The SMILES string of the molecule is O=C(O)[C@H](O)[C@H](O)[C@H](O)[C@@H](O)CO. The maximum Gasteiger partial charge on any atom is 0.335 e. The fourth-order valence-electron chi connectivity index (χ4n) is 0.668. The lowest BCUT2D eigenvalue weighted by molar-refractivity contribution is -0.164. The normalized spacial score (nSPS) is 20.4. The van der Waals surface area contributed by atoms with Crippen molar-refractivity contribution in [2.24, 2.45) is 0 Å². The molecule has 6 N–H and O–H groups in total. The van der Waals surface area contributed by atoms with Crippen LogP contribution in [0, 0.1) is 0 Å². The van der Waals surface area contributed by atoms with Gasteiger partial charge in [-0.25, -0.2) is 4.79 Å². The molecular formula is C6H12O7. The molecule has 0 heterocycles. The van der Waals surface area contributed by atoms with Gasteiger partial charge in [0.2, 0.25) is 0 Å².